The Labute approximate surface area is 105 Å². The van der Waals surface area contributed by atoms with E-state index in [1.165, 1.54) is 18.9 Å². The number of benzene rings is 1. The molecule has 1 unspecified atom stereocenters. The van der Waals surface area contributed by atoms with Crippen LogP contribution in [0, 0.1) is 5.92 Å². The first-order valence-electron chi connectivity index (χ1n) is 6.20. The van der Waals surface area contributed by atoms with Gasteiger partial charge in [0.05, 0.1) is 0 Å². The van der Waals surface area contributed by atoms with Crippen molar-refractivity contribution in [1.82, 2.24) is 5.43 Å². The summed E-state index contributed by atoms with van der Waals surface area (Å²) in [5, 5.41) is 0. The molecule has 0 aliphatic heterocycles. The zero-order valence-corrected chi connectivity index (χ0v) is 10.1. The van der Waals surface area contributed by atoms with Gasteiger partial charge in [0.1, 0.15) is 5.75 Å². The van der Waals surface area contributed by atoms with Gasteiger partial charge in [-0.3, -0.25) is 11.3 Å². The average Bonchev–Trinajstić information content (AvgIpc) is 3.13. The first-order valence-corrected chi connectivity index (χ1v) is 6.20. The molecule has 0 spiro atoms. The van der Waals surface area contributed by atoms with Crippen LogP contribution in [0.1, 0.15) is 37.3 Å². The highest BCUT2D eigenvalue weighted by Gasteiger charge is 2.22. The van der Waals surface area contributed by atoms with Gasteiger partial charge in [0.15, 0.2) is 0 Å². The van der Waals surface area contributed by atoms with Crippen LogP contribution in [-0.2, 0) is 0 Å². The van der Waals surface area contributed by atoms with Crippen LogP contribution in [-0.4, -0.2) is 6.61 Å². The Kier molecular flexibility index (Phi) is 4.49. The minimum Gasteiger partial charge on any atom is -0.435 e. The van der Waals surface area contributed by atoms with Crippen LogP contribution >= 0.6 is 0 Å². The van der Waals surface area contributed by atoms with E-state index < -0.39 is 6.61 Å². The van der Waals surface area contributed by atoms with E-state index in [1.54, 1.807) is 12.1 Å². The van der Waals surface area contributed by atoms with Crippen LogP contribution in [0.15, 0.2) is 24.3 Å². The van der Waals surface area contributed by atoms with Gasteiger partial charge in [0.25, 0.3) is 0 Å². The molecule has 18 heavy (non-hydrogen) atoms. The summed E-state index contributed by atoms with van der Waals surface area (Å²) in [6.07, 6.45) is 4.63. The molecule has 0 bridgehead atoms. The zero-order valence-electron chi connectivity index (χ0n) is 10.1. The van der Waals surface area contributed by atoms with E-state index >= 15 is 0 Å². The highest BCUT2D eigenvalue weighted by molar-refractivity contribution is 5.30. The fourth-order valence-electron chi connectivity index (χ4n) is 2.06. The summed E-state index contributed by atoms with van der Waals surface area (Å²) in [7, 11) is 0. The second-order valence-corrected chi connectivity index (χ2v) is 4.69. The summed E-state index contributed by atoms with van der Waals surface area (Å²) in [6, 6.07) is 6.70. The first-order chi connectivity index (χ1) is 8.69. The standard InChI is InChI=1S/C13H18F2N2O/c14-13(15)18-11-3-1-2-10(8-11)12(17-16)7-6-9-4-5-9/h1-3,8-9,12-13,17H,4-7,16H2. The van der Waals surface area contributed by atoms with Crippen molar-refractivity contribution in [2.24, 2.45) is 11.8 Å². The summed E-state index contributed by atoms with van der Waals surface area (Å²) in [6.45, 7) is -2.80. The summed E-state index contributed by atoms with van der Waals surface area (Å²) >= 11 is 0. The predicted octanol–water partition coefficient (Wildman–Crippen LogP) is 2.98. The third kappa shape index (κ3) is 3.92. The number of ether oxygens (including phenoxy) is 1. The molecular weight excluding hydrogens is 238 g/mol. The Morgan fingerprint density at radius 1 is 1.39 bits per heavy atom. The molecule has 0 amide bonds. The zero-order chi connectivity index (χ0) is 13.0. The van der Waals surface area contributed by atoms with Crippen molar-refractivity contribution in [1.29, 1.82) is 0 Å². The van der Waals surface area contributed by atoms with E-state index in [-0.39, 0.29) is 11.8 Å². The third-order valence-corrected chi connectivity index (χ3v) is 3.25. The first kappa shape index (κ1) is 13.2. The number of hydrazine groups is 1. The van der Waals surface area contributed by atoms with Crippen molar-refractivity contribution in [3.63, 3.8) is 0 Å². The average molecular weight is 256 g/mol. The summed E-state index contributed by atoms with van der Waals surface area (Å²) < 4.78 is 28.7. The predicted molar refractivity (Wildman–Crippen MR) is 65.1 cm³/mol. The van der Waals surface area contributed by atoms with Gasteiger partial charge in [-0.25, -0.2) is 0 Å². The molecule has 0 radical (unpaired) electrons. The maximum absolute atomic E-state index is 12.1. The molecule has 1 aliphatic carbocycles. The number of nitrogens with one attached hydrogen (secondary N) is 1. The van der Waals surface area contributed by atoms with Crippen LogP contribution in [0.4, 0.5) is 8.78 Å². The van der Waals surface area contributed by atoms with Gasteiger partial charge in [0, 0.05) is 6.04 Å². The highest BCUT2D eigenvalue weighted by Crippen LogP contribution is 2.36. The fraction of sp³-hybridized carbons (Fsp3) is 0.538. The van der Waals surface area contributed by atoms with E-state index in [2.05, 4.69) is 10.2 Å². The SMILES string of the molecule is NNC(CCC1CC1)c1cccc(OC(F)F)c1. The smallest absolute Gasteiger partial charge is 0.387 e. The Hall–Kier alpha value is -1.20. The minimum absolute atomic E-state index is 0.00757. The molecule has 0 saturated heterocycles. The van der Waals surface area contributed by atoms with Gasteiger partial charge in [-0.05, 0) is 36.5 Å². The van der Waals surface area contributed by atoms with Crippen molar-refractivity contribution in [2.45, 2.75) is 38.3 Å². The third-order valence-electron chi connectivity index (χ3n) is 3.25. The molecule has 1 atom stereocenters. The Bertz CT molecular complexity index is 383. The Morgan fingerprint density at radius 3 is 2.78 bits per heavy atom. The van der Waals surface area contributed by atoms with Gasteiger partial charge in [-0.2, -0.15) is 8.78 Å². The molecule has 3 nitrogen and oxygen atoms in total. The number of hydrogen-bond acceptors (Lipinski definition) is 3. The number of halogens is 2. The minimum atomic E-state index is -2.80. The van der Waals surface area contributed by atoms with Gasteiger partial charge in [-0.15, -0.1) is 0 Å². The molecule has 5 heteroatoms. The van der Waals surface area contributed by atoms with Crippen molar-refractivity contribution in [2.75, 3.05) is 0 Å². The summed E-state index contributed by atoms with van der Waals surface area (Å²) in [5.41, 5.74) is 3.62. The largest absolute Gasteiger partial charge is 0.435 e. The normalized spacial score (nSPS) is 16.9. The highest BCUT2D eigenvalue weighted by atomic mass is 19.3. The quantitative estimate of drug-likeness (QED) is 0.582. The van der Waals surface area contributed by atoms with E-state index in [4.69, 9.17) is 5.84 Å². The lowest BCUT2D eigenvalue weighted by atomic mass is 10.0. The lowest BCUT2D eigenvalue weighted by Crippen LogP contribution is -2.28. The number of hydrogen-bond donors (Lipinski definition) is 2. The van der Waals surface area contributed by atoms with E-state index in [0.717, 1.165) is 24.3 Å². The van der Waals surface area contributed by atoms with Crippen LogP contribution in [0.25, 0.3) is 0 Å². The molecule has 100 valence electrons. The van der Waals surface area contributed by atoms with E-state index in [1.807, 2.05) is 6.07 Å². The lowest BCUT2D eigenvalue weighted by molar-refractivity contribution is -0.0499. The molecular formula is C13H18F2N2O. The molecule has 3 N–H and O–H groups in total. The maximum atomic E-state index is 12.1. The van der Waals surface area contributed by atoms with Crippen LogP contribution < -0.4 is 16.0 Å². The van der Waals surface area contributed by atoms with Gasteiger partial charge < -0.3 is 4.74 Å². The Morgan fingerprint density at radius 2 is 2.17 bits per heavy atom. The molecule has 1 saturated carbocycles. The molecule has 1 aromatic rings. The molecule has 2 rings (SSSR count). The van der Waals surface area contributed by atoms with Crippen molar-refractivity contribution in [3.8, 4) is 5.75 Å². The number of alkyl halides is 2. The van der Waals surface area contributed by atoms with Gasteiger partial charge >= 0.3 is 6.61 Å². The summed E-state index contributed by atoms with van der Waals surface area (Å²) in [4.78, 5) is 0. The second kappa shape index (κ2) is 6.11. The van der Waals surface area contributed by atoms with Crippen LogP contribution in [0.2, 0.25) is 0 Å². The van der Waals surface area contributed by atoms with Gasteiger partial charge in [-0.1, -0.05) is 25.0 Å². The van der Waals surface area contributed by atoms with Gasteiger partial charge in [0.2, 0.25) is 0 Å². The monoisotopic (exact) mass is 256 g/mol. The topological polar surface area (TPSA) is 47.3 Å². The maximum Gasteiger partial charge on any atom is 0.387 e. The second-order valence-electron chi connectivity index (χ2n) is 4.69. The van der Waals surface area contributed by atoms with Crippen LogP contribution in [0.3, 0.4) is 0 Å². The van der Waals surface area contributed by atoms with E-state index in [0.29, 0.717) is 0 Å². The Balaban J connectivity index is 1.99. The molecule has 1 aliphatic rings. The van der Waals surface area contributed by atoms with Crippen molar-refractivity contribution in [3.05, 3.63) is 29.8 Å². The lowest BCUT2D eigenvalue weighted by Gasteiger charge is -2.17. The molecule has 0 aromatic heterocycles. The van der Waals surface area contributed by atoms with Crippen LogP contribution in [0.5, 0.6) is 5.75 Å². The van der Waals surface area contributed by atoms with Crippen molar-refractivity contribution < 1.29 is 13.5 Å². The molecule has 1 aromatic carbocycles. The van der Waals surface area contributed by atoms with E-state index in [9.17, 15) is 8.78 Å². The number of nitrogens with two attached hydrogens (primary N) is 1. The summed E-state index contributed by atoms with van der Waals surface area (Å²) in [5.74, 6) is 6.52. The molecule has 0 heterocycles. The molecule has 1 fully saturated rings. The fourth-order valence-corrected chi connectivity index (χ4v) is 2.06. The van der Waals surface area contributed by atoms with Crippen molar-refractivity contribution >= 4 is 0 Å². The number of rotatable bonds is 7.